The number of hydrogen-bond donors (Lipinski definition) is 3. The number of amides is 1. The molecule has 1 aromatic heterocycles. The lowest BCUT2D eigenvalue weighted by atomic mass is 10.2. The highest BCUT2D eigenvalue weighted by Crippen LogP contribution is 2.22. The largest absolute Gasteiger partial charge is 0.338 e. The van der Waals surface area contributed by atoms with Gasteiger partial charge in [0.25, 0.3) is 0 Å². The fraction of sp³-hybridized carbons (Fsp3) is 0.0833. The first-order chi connectivity index (χ1) is 15.4. The Bertz CT molecular complexity index is 1340. The Labute approximate surface area is 186 Å². The minimum absolute atomic E-state index is 0.369. The van der Waals surface area contributed by atoms with Crippen LogP contribution in [0.4, 0.5) is 5.69 Å². The zero-order valence-corrected chi connectivity index (χ0v) is 18.2. The minimum atomic E-state index is -3.74. The van der Waals surface area contributed by atoms with Crippen molar-refractivity contribution in [2.75, 3.05) is 11.9 Å². The summed E-state index contributed by atoms with van der Waals surface area (Å²) >= 11 is 0. The molecule has 4 rings (SSSR count). The maximum atomic E-state index is 12.2. The normalized spacial score (nSPS) is 11.8. The third-order valence-corrected chi connectivity index (χ3v) is 5.82. The molecular weight excluding hydrogens is 424 g/mol. The summed E-state index contributed by atoms with van der Waals surface area (Å²) in [6.07, 6.45) is 1.48. The fourth-order valence-electron chi connectivity index (χ4n) is 3.07. The highest BCUT2D eigenvalue weighted by Gasteiger charge is 2.10. The third kappa shape index (κ3) is 5.48. The van der Waals surface area contributed by atoms with Crippen molar-refractivity contribution in [2.24, 2.45) is 0 Å². The van der Waals surface area contributed by atoms with Crippen LogP contribution in [0.5, 0.6) is 0 Å². The van der Waals surface area contributed by atoms with Gasteiger partial charge in [-0.3, -0.25) is 4.79 Å². The maximum absolute atomic E-state index is 12.2. The first kappa shape index (κ1) is 21.5. The molecule has 0 bridgehead atoms. The molecule has 0 unspecified atom stereocenters. The van der Waals surface area contributed by atoms with Gasteiger partial charge >= 0.3 is 0 Å². The van der Waals surface area contributed by atoms with E-state index in [0.717, 1.165) is 39.0 Å². The fourth-order valence-corrected chi connectivity index (χ4v) is 3.83. The molecule has 0 saturated carbocycles. The van der Waals surface area contributed by atoms with Crippen LogP contribution in [-0.2, 0) is 14.8 Å². The number of sulfonamides is 1. The molecule has 8 heteroatoms. The maximum Gasteiger partial charge on any atom is 0.239 e. The van der Waals surface area contributed by atoms with Gasteiger partial charge in [0, 0.05) is 16.7 Å². The summed E-state index contributed by atoms with van der Waals surface area (Å²) in [6.45, 7) is 1.59. The second-order valence-electron chi connectivity index (χ2n) is 7.31. The Balaban J connectivity index is 1.33. The van der Waals surface area contributed by atoms with Crippen LogP contribution in [0.15, 0.2) is 78.2 Å². The number of aryl methyl sites for hydroxylation is 1. The molecule has 0 fully saturated rings. The van der Waals surface area contributed by atoms with E-state index in [2.05, 4.69) is 20.0 Å². The number of anilines is 1. The Hall–Kier alpha value is -3.75. The van der Waals surface area contributed by atoms with Crippen LogP contribution in [-0.4, -0.2) is 30.8 Å². The molecule has 3 N–H and O–H groups in total. The van der Waals surface area contributed by atoms with Gasteiger partial charge < -0.3 is 10.3 Å². The molecule has 0 spiro atoms. The Morgan fingerprint density at radius 3 is 2.44 bits per heavy atom. The quantitative estimate of drug-likeness (QED) is 0.398. The third-order valence-electron chi connectivity index (χ3n) is 4.78. The molecule has 4 aromatic rings. The molecule has 1 heterocycles. The number of aromatic amines is 1. The first-order valence-corrected chi connectivity index (χ1v) is 11.5. The van der Waals surface area contributed by atoms with Gasteiger partial charge in [-0.1, -0.05) is 42.0 Å². The Morgan fingerprint density at radius 1 is 1.00 bits per heavy atom. The number of carbonyl (C=O) groups excluding carboxylic acids is 1. The van der Waals surface area contributed by atoms with E-state index in [-0.39, 0.29) is 6.54 Å². The van der Waals surface area contributed by atoms with Gasteiger partial charge in [-0.2, -0.15) is 0 Å². The van der Waals surface area contributed by atoms with Crippen molar-refractivity contribution in [2.45, 2.75) is 6.92 Å². The number of para-hydroxylation sites is 2. The van der Waals surface area contributed by atoms with Crippen molar-refractivity contribution in [3.8, 4) is 11.4 Å². The predicted molar refractivity (Wildman–Crippen MR) is 127 cm³/mol. The molecule has 32 heavy (non-hydrogen) atoms. The van der Waals surface area contributed by atoms with E-state index in [0.29, 0.717) is 5.69 Å². The molecule has 0 aliphatic rings. The summed E-state index contributed by atoms with van der Waals surface area (Å²) < 4.78 is 26.5. The van der Waals surface area contributed by atoms with E-state index in [9.17, 15) is 13.2 Å². The second-order valence-corrected chi connectivity index (χ2v) is 8.96. The molecule has 0 aliphatic carbocycles. The predicted octanol–water partition coefficient (Wildman–Crippen LogP) is 4.07. The van der Waals surface area contributed by atoms with Crippen molar-refractivity contribution in [1.29, 1.82) is 0 Å². The smallest absolute Gasteiger partial charge is 0.239 e. The summed E-state index contributed by atoms with van der Waals surface area (Å²) in [5, 5.41) is 3.73. The van der Waals surface area contributed by atoms with E-state index in [1.165, 1.54) is 6.08 Å². The van der Waals surface area contributed by atoms with Crippen LogP contribution in [0.1, 0.15) is 11.1 Å². The van der Waals surface area contributed by atoms with Crippen LogP contribution in [0.2, 0.25) is 0 Å². The van der Waals surface area contributed by atoms with E-state index in [1.807, 2.05) is 67.6 Å². The lowest BCUT2D eigenvalue weighted by Gasteiger charge is -2.06. The monoisotopic (exact) mass is 446 g/mol. The molecule has 1 amide bonds. The molecule has 3 aromatic carbocycles. The Kier molecular flexibility index (Phi) is 6.16. The first-order valence-electron chi connectivity index (χ1n) is 9.97. The van der Waals surface area contributed by atoms with Gasteiger partial charge in [-0.25, -0.2) is 18.1 Å². The molecule has 7 nitrogen and oxygen atoms in total. The van der Waals surface area contributed by atoms with Crippen molar-refractivity contribution in [3.63, 3.8) is 0 Å². The van der Waals surface area contributed by atoms with Crippen molar-refractivity contribution in [1.82, 2.24) is 14.7 Å². The van der Waals surface area contributed by atoms with Crippen LogP contribution in [0.25, 0.3) is 28.5 Å². The van der Waals surface area contributed by atoms with Crippen molar-refractivity contribution < 1.29 is 13.2 Å². The van der Waals surface area contributed by atoms with Gasteiger partial charge in [0.2, 0.25) is 15.9 Å². The van der Waals surface area contributed by atoms with Gasteiger partial charge in [0.05, 0.1) is 17.6 Å². The summed E-state index contributed by atoms with van der Waals surface area (Å²) in [6, 6.07) is 22.3. The molecule has 0 atom stereocenters. The zero-order valence-electron chi connectivity index (χ0n) is 17.4. The second kappa shape index (κ2) is 9.17. The van der Waals surface area contributed by atoms with Crippen molar-refractivity contribution >= 4 is 38.7 Å². The van der Waals surface area contributed by atoms with Crippen LogP contribution < -0.4 is 10.0 Å². The number of hydrogen-bond acceptors (Lipinski definition) is 4. The molecular formula is C24H22N4O3S. The molecule has 162 valence electrons. The number of aromatic nitrogens is 2. The number of rotatable bonds is 7. The van der Waals surface area contributed by atoms with Gasteiger partial charge in [0.1, 0.15) is 5.82 Å². The average Bonchev–Trinajstić information content (AvgIpc) is 3.22. The zero-order chi connectivity index (χ0) is 22.6. The summed E-state index contributed by atoms with van der Waals surface area (Å²) in [7, 11) is -3.74. The summed E-state index contributed by atoms with van der Waals surface area (Å²) in [5.74, 6) is 0.269. The van der Waals surface area contributed by atoms with Crippen molar-refractivity contribution in [3.05, 3.63) is 89.3 Å². The SMILES string of the molecule is Cc1ccc(/C=C/S(=O)(=O)NCC(=O)Nc2ccc(-c3nc4ccccc4[nH]3)cc2)cc1. The lowest BCUT2D eigenvalue weighted by molar-refractivity contribution is -0.115. The van der Waals surface area contributed by atoms with Crippen LogP contribution >= 0.6 is 0 Å². The lowest BCUT2D eigenvalue weighted by Crippen LogP contribution is -2.31. The summed E-state index contributed by atoms with van der Waals surface area (Å²) in [5.41, 5.74) is 5.11. The molecule has 0 radical (unpaired) electrons. The number of carbonyl (C=O) groups is 1. The topological polar surface area (TPSA) is 104 Å². The molecule has 0 aliphatic heterocycles. The standard InChI is InChI=1S/C24H22N4O3S/c1-17-6-8-18(9-7-17)14-15-32(30,31)25-16-23(29)26-20-12-10-19(11-13-20)24-27-21-4-2-3-5-22(21)28-24/h2-15,25H,16H2,1H3,(H,26,29)(H,27,28)/b15-14+. The number of imidazole rings is 1. The Morgan fingerprint density at radius 2 is 1.72 bits per heavy atom. The van der Waals surface area contributed by atoms with E-state index in [1.54, 1.807) is 12.1 Å². The summed E-state index contributed by atoms with van der Waals surface area (Å²) in [4.78, 5) is 20.0. The van der Waals surface area contributed by atoms with Gasteiger partial charge in [-0.15, -0.1) is 0 Å². The van der Waals surface area contributed by atoms with Crippen LogP contribution in [0, 0.1) is 6.92 Å². The van der Waals surface area contributed by atoms with E-state index < -0.39 is 15.9 Å². The number of fused-ring (bicyclic) bond motifs is 1. The van der Waals surface area contributed by atoms with Crippen LogP contribution in [0.3, 0.4) is 0 Å². The van der Waals surface area contributed by atoms with E-state index in [4.69, 9.17) is 0 Å². The number of H-pyrrole nitrogens is 1. The van der Waals surface area contributed by atoms with E-state index >= 15 is 0 Å². The highest BCUT2D eigenvalue weighted by molar-refractivity contribution is 7.92. The number of benzene rings is 3. The highest BCUT2D eigenvalue weighted by atomic mass is 32.2. The number of nitrogens with zero attached hydrogens (tertiary/aromatic N) is 1. The van der Waals surface area contributed by atoms with Gasteiger partial charge in [-0.05, 0) is 55.0 Å². The molecule has 0 saturated heterocycles. The van der Waals surface area contributed by atoms with Gasteiger partial charge in [0.15, 0.2) is 0 Å². The average molecular weight is 447 g/mol. The number of nitrogens with one attached hydrogen (secondary N) is 3. The minimum Gasteiger partial charge on any atom is -0.338 e.